The molecule has 6 nitrogen and oxygen atoms in total. The summed E-state index contributed by atoms with van der Waals surface area (Å²) in [5, 5.41) is 9.33. The maximum absolute atomic E-state index is 13.6. The molecule has 0 amide bonds. The minimum atomic E-state index is -4.35. The van der Waals surface area contributed by atoms with Crippen molar-refractivity contribution in [3.05, 3.63) is 29.8 Å². The molecule has 1 aliphatic heterocycles. The third-order valence-electron chi connectivity index (χ3n) is 3.71. The Labute approximate surface area is 126 Å². The summed E-state index contributed by atoms with van der Waals surface area (Å²) in [6.45, 7) is -0.0192. The molecule has 1 aromatic carbocycles. The number of carbonyl (C=O) groups is 1. The van der Waals surface area contributed by atoms with Crippen molar-refractivity contribution in [3.8, 4) is 0 Å². The predicted molar refractivity (Wildman–Crippen MR) is 71.7 cm³/mol. The first-order valence-electron chi connectivity index (χ1n) is 6.53. The van der Waals surface area contributed by atoms with Crippen molar-refractivity contribution in [2.24, 2.45) is 5.41 Å². The van der Waals surface area contributed by atoms with E-state index in [1.807, 2.05) is 0 Å². The van der Waals surface area contributed by atoms with Crippen molar-refractivity contribution >= 4 is 16.0 Å². The molecule has 9 heteroatoms. The fourth-order valence-corrected chi connectivity index (χ4v) is 3.44. The van der Waals surface area contributed by atoms with Gasteiger partial charge in [-0.15, -0.1) is 0 Å². The zero-order chi connectivity index (χ0) is 16.4. The number of carboxylic acid groups (broad SMARTS) is 1. The van der Waals surface area contributed by atoms with Gasteiger partial charge in [0.05, 0.1) is 5.41 Å². The van der Waals surface area contributed by atoms with Crippen LogP contribution in [0.4, 0.5) is 8.78 Å². The van der Waals surface area contributed by atoms with Crippen molar-refractivity contribution in [1.29, 1.82) is 0 Å². The summed E-state index contributed by atoms with van der Waals surface area (Å²) < 4.78 is 58.0. The molecule has 122 valence electrons. The van der Waals surface area contributed by atoms with Crippen LogP contribution in [0.1, 0.15) is 12.8 Å². The standard InChI is InChI=1S/C13H15F2NO5S/c14-9-2-1-3-10(11(9)15)22(19,20)16-8-13(12(17)18)4-6-21-7-5-13/h1-3,16H,4-8H2,(H,17,18). The van der Waals surface area contributed by atoms with Crippen LogP contribution in [0, 0.1) is 17.0 Å². The van der Waals surface area contributed by atoms with Gasteiger partial charge >= 0.3 is 5.97 Å². The lowest BCUT2D eigenvalue weighted by Gasteiger charge is -2.33. The summed E-state index contributed by atoms with van der Waals surface area (Å²) in [5.74, 6) is -3.94. The van der Waals surface area contributed by atoms with Crippen LogP contribution in [-0.2, 0) is 19.6 Å². The first-order chi connectivity index (χ1) is 10.3. The Kier molecular flexibility index (Phi) is 4.78. The first kappa shape index (κ1) is 16.8. The van der Waals surface area contributed by atoms with E-state index < -0.39 is 44.5 Å². The zero-order valence-electron chi connectivity index (χ0n) is 11.5. The second-order valence-corrected chi connectivity index (χ2v) is 6.81. The number of hydrogen-bond acceptors (Lipinski definition) is 4. The highest BCUT2D eigenvalue weighted by atomic mass is 32.2. The van der Waals surface area contributed by atoms with Crippen molar-refractivity contribution in [2.45, 2.75) is 17.7 Å². The molecule has 0 unspecified atom stereocenters. The molecule has 2 N–H and O–H groups in total. The topological polar surface area (TPSA) is 92.7 Å². The average Bonchev–Trinajstić information content (AvgIpc) is 2.49. The van der Waals surface area contributed by atoms with E-state index in [9.17, 15) is 27.1 Å². The fraction of sp³-hybridized carbons (Fsp3) is 0.462. The number of aliphatic carboxylic acids is 1. The summed E-state index contributed by atoms with van der Waals surface area (Å²) >= 11 is 0. The first-order valence-corrected chi connectivity index (χ1v) is 8.02. The predicted octanol–water partition coefficient (Wildman–Crippen LogP) is 1.12. The molecule has 1 aromatic rings. The Morgan fingerprint density at radius 2 is 1.95 bits per heavy atom. The number of rotatable bonds is 5. The molecule has 0 spiro atoms. The summed E-state index contributed by atoms with van der Waals surface area (Å²) in [7, 11) is -4.35. The Morgan fingerprint density at radius 1 is 1.32 bits per heavy atom. The van der Waals surface area contributed by atoms with Gasteiger partial charge in [-0.25, -0.2) is 21.9 Å². The maximum Gasteiger partial charge on any atom is 0.311 e. The number of ether oxygens (including phenoxy) is 1. The molecule has 1 heterocycles. The lowest BCUT2D eigenvalue weighted by molar-refractivity contribution is -0.154. The lowest BCUT2D eigenvalue weighted by atomic mass is 9.80. The van der Waals surface area contributed by atoms with Crippen LogP contribution < -0.4 is 4.72 Å². The van der Waals surface area contributed by atoms with E-state index in [1.54, 1.807) is 0 Å². The highest BCUT2D eigenvalue weighted by Crippen LogP contribution is 2.30. The Bertz CT molecular complexity index is 671. The molecular weight excluding hydrogens is 320 g/mol. The van der Waals surface area contributed by atoms with Gasteiger partial charge in [-0.05, 0) is 25.0 Å². The monoisotopic (exact) mass is 335 g/mol. The lowest BCUT2D eigenvalue weighted by Crippen LogP contribution is -2.46. The molecule has 22 heavy (non-hydrogen) atoms. The zero-order valence-corrected chi connectivity index (χ0v) is 12.3. The Morgan fingerprint density at radius 3 is 2.55 bits per heavy atom. The average molecular weight is 335 g/mol. The summed E-state index contributed by atoms with van der Waals surface area (Å²) in [4.78, 5) is 10.6. The van der Waals surface area contributed by atoms with Gasteiger partial charge in [-0.2, -0.15) is 0 Å². The van der Waals surface area contributed by atoms with E-state index in [2.05, 4.69) is 4.72 Å². The van der Waals surface area contributed by atoms with Crippen LogP contribution in [0.5, 0.6) is 0 Å². The van der Waals surface area contributed by atoms with Crippen LogP contribution in [0.3, 0.4) is 0 Å². The van der Waals surface area contributed by atoms with Gasteiger partial charge in [-0.1, -0.05) is 6.07 Å². The molecule has 0 saturated carbocycles. The Balaban J connectivity index is 2.21. The van der Waals surface area contributed by atoms with Crippen molar-refractivity contribution < 1.29 is 31.8 Å². The van der Waals surface area contributed by atoms with Crippen molar-refractivity contribution in [2.75, 3.05) is 19.8 Å². The van der Waals surface area contributed by atoms with Gasteiger partial charge in [-0.3, -0.25) is 4.79 Å². The summed E-state index contributed by atoms with van der Waals surface area (Å²) in [6, 6.07) is 2.78. The quantitative estimate of drug-likeness (QED) is 0.841. The number of hydrogen-bond donors (Lipinski definition) is 2. The van der Waals surface area contributed by atoms with E-state index in [-0.39, 0.29) is 26.1 Å². The van der Waals surface area contributed by atoms with Gasteiger partial charge in [0.15, 0.2) is 11.6 Å². The number of sulfonamides is 1. The molecule has 0 aromatic heterocycles. The highest BCUT2D eigenvalue weighted by molar-refractivity contribution is 7.89. The number of benzene rings is 1. The third-order valence-corrected chi connectivity index (χ3v) is 5.13. The van der Waals surface area contributed by atoms with E-state index in [0.29, 0.717) is 0 Å². The maximum atomic E-state index is 13.6. The van der Waals surface area contributed by atoms with Gasteiger partial charge in [0.1, 0.15) is 4.90 Å². The summed E-state index contributed by atoms with van der Waals surface area (Å²) in [6.07, 6.45) is 0.271. The van der Waals surface area contributed by atoms with Gasteiger partial charge in [0.2, 0.25) is 10.0 Å². The minimum absolute atomic E-state index is 0.135. The third kappa shape index (κ3) is 3.26. The van der Waals surface area contributed by atoms with Crippen LogP contribution in [-0.4, -0.2) is 39.3 Å². The molecule has 1 fully saturated rings. The number of nitrogens with one attached hydrogen (secondary N) is 1. The SMILES string of the molecule is O=C(O)C1(CNS(=O)(=O)c2cccc(F)c2F)CCOCC1. The number of halogens is 2. The van der Waals surface area contributed by atoms with Crippen LogP contribution in [0.25, 0.3) is 0 Å². The van der Waals surface area contributed by atoms with E-state index in [0.717, 1.165) is 18.2 Å². The molecule has 2 rings (SSSR count). The molecule has 1 aliphatic rings. The minimum Gasteiger partial charge on any atom is -0.481 e. The van der Waals surface area contributed by atoms with Crippen molar-refractivity contribution in [3.63, 3.8) is 0 Å². The van der Waals surface area contributed by atoms with Crippen LogP contribution in [0.15, 0.2) is 23.1 Å². The molecule has 0 bridgehead atoms. The van der Waals surface area contributed by atoms with Gasteiger partial charge in [0.25, 0.3) is 0 Å². The largest absolute Gasteiger partial charge is 0.481 e. The van der Waals surface area contributed by atoms with E-state index in [1.165, 1.54) is 0 Å². The van der Waals surface area contributed by atoms with Gasteiger partial charge in [0, 0.05) is 19.8 Å². The molecular formula is C13H15F2NO5S. The molecule has 0 atom stereocenters. The second kappa shape index (κ2) is 6.27. The van der Waals surface area contributed by atoms with Crippen molar-refractivity contribution in [1.82, 2.24) is 4.72 Å². The van der Waals surface area contributed by atoms with Gasteiger partial charge < -0.3 is 9.84 Å². The molecule has 0 aliphatic carbocycles. The Hall–Kier alpha value is -1.58. The molecule has 1 saturated heterocycles. The second-order valence-electron chi connectivity index (χ2n) is 5.07. The summed E-state index contributed by atoms with van der Waals surface area (Å²) in [5.41, 5.74) is -1.31. The van der Waals surface area contributed by atoms with E-state index >= 15 is 0 Å². The smallest absolute Gasteiger partial charge is 0.311 e. The highest BCUT2D eigenvalue weighted by Gasteiger charge is 2.41. The molecule has 0 radical (unpaired) electrons. The normalized spacial score (nSPS) is 18.1. The fourth-order valence-electron chi connectivity index (χ4n) is 2.23. The van der Waals surface area contributed by atoms with Crippen LogP contribution >= 0.6 is 0 Å². The van der Waals surface area contributed by atoms with E-state index in [4.69, 9.17) is 4.74 Å². The van der Waals surface area contributed by atoms with Crippen LogP contribution in [0.2, 0.25) is 0 Å². The number of carboxylic acids is 1.